The van der Waals surface area contributed by atoms with E-state index < -0.39 is 37.3 Å². The molecule has 166 valence electrons. The van der Waals surface area contributed by atoms with Crippen molar-refractivity contribution in [3.63, 3.8) is 0 Å². The summed E-state index contributed by atoms with van der Waals surface area (Å²) in [6, 6.07) is -0.446. The predicted molar refractivity (Wildman–Crippen MR) is 119 cm³/mol. The molecule has 0 bridgehead atoms. The Bertz CT molecular complexity index is 515. The maximum absolute atomic E-state index is 11.9. The highest BCUT2D eigenvalue weighted by Crippen LogP contribution is 2.31. The maximum atomic E-state index is 11.9. The molecule has 1 rings (SSSR count). The van der Waals surface area contributed by atoms with Crippen LogP contribution in [0.25, 0.3) is 0 Å². The maximum Gasteiger partial charge on any atom is 0.217 e. The Labute approximate surface area is 174 Å². The topological polar surface area (TPSA) is 75.2 Å². The van der Waals surface area contributed by atoms with Gasteiger partial charge in [0.1, 0.15) is 18.2 Å². The van der Waals surface area contributed by atoms with Crippen LogP contribution in [-0.2, 0) is 27.5 Å². The second-order valence-corrected chi connectivity index (χ2v) is 23.8. The van der Waals surface area contributed by atoms with Crippen LogP contribution >= 0.6 is 0 Å². The lowest BCUT2D eigenvalue weighted by Gasteiger charge is -2.49. The van der Waals surface area contributed by atoms with Crippen molar-refractivity contribution in [1.82, 2.24) is 5.32 Å². The second-order valence-electron chi connectivity index (χ2n) is 10.3. The molecule has 5 atom stereocenters. The first-order valence-corrected chi connectivity index (χ1v) is 20.2. The highest BCUT2D eigenvalue weighted by atomic mass is 28.4. The number of methoxy groups -OCH3 is 1. The molecule has 7 nitrogen and oxygen atoms in total. The first-order valence-electron chi connectivity index (χ1n) is 9.97. The summed E-state index contributed by atoms with van der Waals surface area (Å²) in [5.74, 6) is -0.150. The number of hydrogen-bond acceptors (Lipinski definition) is 6. The van der Waals surface area contributed by atoms with Gasteiger partial charge < -0.3 is 28.1 Å². The van der Waals surface area contributed by atoms with Crippen molar-refractivity contribution >= 4 is 30.9 Å². The van der Waals surface area contributed by atoms with Gasteiger partial charge in [0, 0.05) is 14.0 Å². The van der Waals surface area contributed by atoms with Gasteiger partial charge in [0.25, 0.3) is 0 Å². The van der Waals surface area contributed by atoms with Crippen LogP contribution in [0, 0.1) is 0 Å². The van der Waals surface area contributed by atoms with E-state index in [-0.39, 0.29) is 24.2 Å². The van der Waals surface area contributed by atoms with E-state index in [1.54, 1.807) is 7.11 Å². The third-order valence-electron chi connectivity index (χ3n) is 3.91. The Morgan fingerprint density at radius 3 is 1.79 bits per heavy atom. The Balaban J connectivity index is 3.30. The van der Waals surface area contributed by atoms with Gasteiger partial charge in [-0.05, 0) is 58.9 Å². The van der Waals surface area contributed by atoms with Crippen molar-refractivity contribution in [1.29, 1.82) is 0 Å². The Morgan fingerprint density at radius 2 is 1.39 bits per heavy atom. The predicted octanol–water partition coefficient (Wildman–Crippen LogP) is 3.15. The zero-order valence-electron chi connectivity index (χ0n) is 19.5. The number of carbonyl (C=O) groups excluding carboxylic acids is 1. The molecule has 10 heteroatoms. The standard InChI is InChI=1S/C18H41NO6Si3/c1-13(20)19-15-17(25-28(9,10)11)16(24-27(6,7)8)14(23-18(15)21-2)12-22-26(3,4)5/h14-18H,12H2,1-11H3,(H,19,20)/t14-,15-,16-,17-,18?/m1/s1. The van der Waals surface area contributed by atoms with Crippen LogP contribution in [0.4, 0.5) is 0 Å². The average Bonchev–Trinajstić information content (AvgIpc) is 2.45. The van der Waals surface area contributed by atoms with E-state index in [0.717, 1.165) is 0 Å². The first-order chi connectivity index (χ1) is 12.5. The molecule has 0 aromatic rings. The van der Waals surface area contributed by atoms with Crippen LogP contribution in [0.1, 0.15) is 6.92 Å². The minimum Gasteiger partial charge on any atom is -0.415 e. The minimum absolute atomic E-state index is 0.150. The molecule has 1 heterocycles. The van der Waals surface area contributed by atoms with Gasteiger partial charge in [-0.3, -0.25) is 4.79 Å². The van der Waals surface area contributed by atoms with Crippen LogP contribution in [0.15, 0.2) is 0 Å². The van der Waals surface area contributed by atoms with Crippen molar-refractivity contribution in [2.24, 2.45) is 0 Å². The molecule has 28 heavy (non-hydrogen) atoms. The largest absolute Gasteiger partial charge is 0.415 e. The lowest BCUT2D eigenvalue weighted by molar-refractivity contribution is -0.255. The molecule has 1 amide bonds. The third-order valence-corrected chi connectivity index (χ3v) is 6.90. The summed E-state index contributed by atoms with van der Waals surface area (Å²) in [4.78, 5) is 11.9. The zero-order valence-corrected chi connectivity index (χ0v) is 22.5. The van der Waals surface area contributed by atoms with E-state index in [0.29, 0.717) is 6.61 Å². The smallest absolute Gasteiger partial charge is 0.217 e. The first kappa shape index (κ1) is 26.0. The van der Waals surface area contributed by atoms with E-state index in [4.69, 9.17) is 22.8 Å². The number of ether oxygens (including phenoxy) is 2. The fourth-order valence-electron chi connectivity index (χ4n) is 3.06. The van der Waals surface area contributed by atoms with Crippen molar-refractivity contribution in [3.8, 4) is 0 Å². The molecule has 0 spiro atoms. The molecular weight excluding hydrogens is 410 g/mol. The van der Waals surface area contributed by atoms with Gasteiger partial charge in [-0.25, -0.2) is 0 Å². The normalized spacial score (nSPS) is 29.6. The minimum atomic E-state index is -1.95. The molecule has 1 saturated heterocycles. The molecule has 0 radical (unpaired) electrons. The van der Waals surface area contributed by atoms with E-state index in [2.05, 4.69) is 64.2 Å². The molecule has 0 aromatic heterocycles. The van der Waals surface area contributed by atoms with Crippen molar-refractivity contribution in [3.05, 3.63) is 0 Å². The Hall–Kier alpha value is -0.0794. The zero-order chi connectivity index (χ0) is 21.9. The van der Waals surface area contributed by atoms with Crippen LogP contribution < -0.4 is 5.32 Å². The Kier molecular flexibility index (Phi) is 9.10. The van der Waals surface area contributed by atoms with E-state index in [1.807, 2.05) is 0 Å². The molecule has 0 aromatic carbocycles. The van der Waals surface area contributed by atoms with Gasteiger partial charge in [-0.1, -0.05) is 0 Å². The summed E-state index contributed by atoms with van der Waals surface area (Å²) >= 11 is 0. The molecule has 1 N–H and O–H groups in total. The summed E-state index contributed by atoms with van der Waals surface area (Å²) in [5, 5.41) is 2.98. The summed E-state index contributed by atoms with van der Waals surface area (Å²) in [6.07, 6.45) is -1.65. The summed E-state index contributed by atoms with van der Waals surface area (Å²) < 4.78 is 31.1. The fraction of sp³-hybridized carbons (Fsp3) is 0.944. The number of hydrogen-bond donors (Lipinski definition) is 1. The van der Waals surface area contributed by atoms with Gasteiger partial charge >= 0.3 is 0 Å². The number of carbonyl (C=O) groups is 1. The third kappa shape index (κ3) is 9.16. The highest BCUT2D eigenvalue weighted by Gasteiger charge is 2.50. The molecule has 1 aliphatic heterocycles. The lowest BCUT2D eigenvalue weighted by Crippen LogP contribution is -2.68. The lowest BCUT2D eigenvalue weighted by atomic mass is 9.97. The van der Waals surface area contributed by atoms with E-state index in [9.17, 15) is 4.79 Å². The monoisotopic (exact) mass is 451 g/mol. The molecule has 1 fully saturated rings. The van der Waals surface area contributed by atoms with Crippen molar-refractivity contribution in [2.45, 2.75) is 96.5 Å². The highest BCUT2D eigenvalue weighted by molar-refractivity contribution is 6.70. The van der Waals surface area contributed by atoms with Crippen LogP contribution in [0.2, 0.25) is 58.9 Å². The number of amides is 1. The van der Waals surface area contributed by atoms with Crippen LogP contribution in [0.3, 0.4) is 0 Å². The quantitative estimate of drug-likeness (QED) is 0.543. The van der Waals surface area contributed by atoms with Gasteiger partial charge in [0.15, 0.2) is 31.2 Å². The van der Waals surface area contributed by atoms with Gasteiger partial charge in [-0.15, -0.1) is 0 Å². The Morgan fingerprint density at radius 1 is 0.893 bits per heavy atom. The summed E-state index contributed by atoms with van der Waals surface area (Å²) in [5.41, 5.74) is 0. The van der Waals surface area contributed by atoms with Gasteiger partial charge in [-0.2, -0.15) is 0 Å². The second kappa shape index (κ2) is 9.82. The SMILES string of the molecule is COC1O[C@H](CO[Si](C)(C)C)[C@@H](O[Si](C)(C)C)[C@H](O[Si](C)(C)C)[C@H]1NC(C)=O. The van der Waals surface area contributed by atoms with E-state index in [1.165, 1.54) is 6.92 Å². The van der Waals surface area contributed by atoms with Crippen molar-refractivity contribution < 1.29 is 27.5 Å². The molecule has 0 aliphatic carbocycles. The van der Waals surface area contributed by atoms with Crippen LogP contribution in [0.5, 0.6) is 0 Å². The summed E-state index contributed by atoms with van der Waals surface area (Å²) in [6.45, 7) is 21.2. The fourth-order valence-corrected chi connectivity index (χ4v) is 5.92. The van der Waals surface area contributed by atoms with Gasteiger partial charge in [0.2, 0.25) is 5.91 Å². The van der Waals surface area contributed by atoms with E-state index >= 15 is 0 Å². The van der Waals surface area contributed by atoms with Gasteiger partial charge in [0.05, 0.1) is 12.7 Å². The molecule has 0 saturated carbocycles. The van der Waals surface area contributed by atoms with Crippen molar-refractivity contribution in [2.75, 3.05) is 13.7 Å². The van der Waals surface area contributed by atoms with Crippen LogP contribution in [-0.4, -0.2) is 75.2 Å². The average molecular weight is 452 g/mol. The molecule has 1 unspecified atom stereocenters. The summed E-state index contributed by atoms with van der Waals surface area (Å²) in [7, 11) is -4.02. The molecular formula is C18H41NO6Si3. The number of rotatable bonds is 9. The number of nitrogens with one attached hydrogen (secondary N) is 1. The molecule has 1 aliphatic rings.